The van der Waals surface area contributed by atoms with Crippen molar-refractivity contribution in [1.29, 1.82) is 0 Å². The van der Waals surface area contributed by atoms with E-state index < -0.39 is 163 Å². The molecule has 0 bridgehead atoms. The second-order valence-corrected chi connectivity index (χ2v) is 30.1. The average molecular weight is 1370 g/mol. The van der Waals surface area contributed by atoms with Crippen molar-refractivity contribution < 1.29 is 71.5 Å². The number of nitrogens with one attached hydrogen (secondary N) is 4. The van der Waals surface area contributed by atoms with Gasteiger partial charge in [-0.25, -0.2) is 0 Å². The van der Waals surface area contributed by atoms with Gasteiger partial charge in [-0.1, -0.05) is 120 Å². The number of hydrogen-bond acceptors (Lipinski definition) is 15. The van der Waals surface area contributed by atoms with Gasteiger partial charge in [-0.15, -0.1) is 0 Å². The van der Waals surface area contributed by atoms with Gasteiger partial charge in [-0.3, -0.25) is 57.3 Å². The molecule has 0 radical (unpaired) electrons. The Morgan fingerprint density at radius 1 is 0.542 bits per heavy atom. The van der Waals surface area contributed by atoms with Crippen molar-refractivity contribution in [1.82, 2.24) is 55.6 Å². The molecule has 1 saturated heterocycles. The highest BCUT2D eigenvalue weighted by atomic mass is 31.2. The summed E-state index contributed by atoms with van der Waals surface area (Å²) < 4.78 is 23.4. The SMILES string of the molecule is C/C=C/C[C@@H](C)[C@@H](O)[C@H]1C(=O)NC(CC)C(=O)N(C)CC(=O)N(CC)C(Cc2ccc(CP(=O)(OC)OC)cc2)C(=O)N[C@@H](C(C)C)C(=O)N(C)[C@@H](CC(C)C)C(=O)N[C@@H](C)C(=O)N[C@H](C)C(=O)N(C)[C@@H](CC(C)C)C(=O)N(C)[C@@H](CC(C)C)C(=O)N(C)[C@@H](C(C)C)C(=O)N1C. The van der Waals surface area contributed by atoms with Crippen LogP contribution in [0.25, 0.3) is 0 Å². The number of nitrogens with zero attached hydrogens (tertiary/aromatic N) is 7. The molecule has 0 aromatic heterocycles. The third kappa shape index (κ3) is 23.5. The van der Waals surface area contributed by atoms with E-state index in [4.69, 9.17) is 9.05 Å². The summed E-state index contributed by atoms with van der Waals surface area (Å²) in [5, 5.41) is 23.3. The highest BCUT2D eigenvalue weighted by Gasteiger charge is 2.46. The fourth-order valence-corrected chi connectivity index (χ4v) is 13.0. The maximum atomic E-state index is 15.3. The largest absolute Gasteiger partial charge is 0.390 e. The van der Waals surface area contributed by atoms with Crippen LogP contribution in [0.4, 0.5) is 0 Å². The summed E-state index contributed by atoms with van der Waals surface area (Å²) in [6, 6.07) is -6.27. The van der Waals surface area contributed by atoms with Crippen LogP contribution in [0.1, 0.15) is 154 Å². The Morgan fingerprint density at radius 3 is 1.47 bits per heavy atom. The quantitative estimate of drug-likeness (QED) is 0.0862. The van der Waals surface area contributed by atoms with Crippen LogP contribution in [0.2, 0.25) is 0 Å². The number of hydrogen-bond donors (Lipinski definition) is 5. The highest BCUT2D eigenvalue weighted by molar-refractivity contribution is 7.52. The van der Waals surface area contributed by atoms with Crippen molar-refractivity contribution in [2.75, 3.05) is 69.6 Å². The first kappa shape index (κ1) is 85.3. The van der Waals surface area contributed by atoms with Gasteiger partial charge in [0.05, 0.1) is 18.8 Å². The van der Waals surface area contributed by atoms with Gasteiger partial charge in [0.25, 0.3) is 0 Å². The first-order chi connectivity index (χ1) is 44.6. The van der Waals surface area contributed by atoms with Gasteiger partial charge in [-0.2, -0.15) is 0 Å². The fourth-order valence-electron chi connectivity index (χ4n) is 11.9. The molecule has 1 aromatic carbocycles. The fraction of sp³-hybridized carbons (Fsp3) is 0.725. The molecule has 1 aliphatic heterocycles. The van der Waals surface area contributed by atoms with E-state index in [2.05, 4.69) is 21.3 Å². The van der Waals surface area contributed by atoms with Crippen molar-refractivity contribution in [2.24, 2.45) is 35.5 Å². The minimum Gasteiger partial charge on any atom is -0.390 e. The van der Waals surface area contributed by atoms with Crippen LogP contribution in [0, 0.1) is 35.5 Å². The minimum absolute atomic E-state index is 0.0242. The normalized spacial score (nSPS) is 25.3. The molecular weight excluding hydrogens is 1250 g/mol. The van der Waals surface area contributed by atoms with Gasteiger partial charge in [0, 0.05) is 69.5 Å². The zero-order chi connectivity index (χ0) is 73.7. The van der Waals surface area contributed by atoms with E-state index in [0.717, 1.165) is 9.80 Å². The molecule has 0 aliphatic carbocycles. The second kappa shape index (κ2) is 39.0. The number of carbonyl (C=O) groups is 11. The van der Waals surface area contributed by atoms with E-state index in [1.165, 1.54) is 94.9 Å². The summed E-state index contributed by atoms with van der Waals surface area (Å²) in [4.78, 5) is 172. The van der Waals surface area contributed by atoms with E-state index in [0.29, 0.717) is 11.1 Å². The molecule has 2 rings (SSSR count). The van der Waals surface area contributed by atoms with Crippen molar-refractivity contribution >= 4 is 72.6 Å². The van der Waals surface area contributed by atoms with Gasteiger partial charge in [-0.05, 0) is 106 Å². The zero-order valence-corrected chi connectivity index (χ0v) is 62.8. The van der Waals surface area contributed by atoms with Gasteiger partial charge in [0.15, 0.2) is 0 Å². The highest BCUT2D eigenvalue weighted by Crippen LogP contribution is 2.49. The van der Waals surface area contributed by atoms with Crippen LogP contribution < -0.4 is 21.3 Å². The lowest BCUT2D eigenvalue weighted by atomic mass is 9.91. The third-order valence-corrected chi connectivity index (χ3v) is 19.8. The molecule has 1 aliphatic rings. The standard InChI is InChI=1S/C69H118N11O15P/c1-25-28-29-45(14)59(82)58-63(86)72-50(26-2)65(88)74(17)38-55(81)80(27-3)52(37-48-30-32-49(33-31-48)39-96(93,94-23)95-24)62(85)73-56(43(10)11)68(91)75(18)51(34-40(4)5)61(84)70-46(15)60(83)71-47(16)64(87)76(19)53(35-41(6)7)66(89)77(20)54(36-42(8)9)67(90)78(21)57(44(12)13)69(92)79(58)22/h25,28,30-33,40-47,50-54,56-59,82H,26-27,29,34-39H2,1-24H3,(H,70,84)(H,71,83)(H,72,86)(H,73,85)/b28-25+/t45-,46+,47-,50?,51+,52?,53+,54+,56+,57+,58+,59-/m1/s1. The van der Waals surface area contributed by atoms with Crippen LogP contribution in [0.15, 0.2) is 36.4 Å². The van der Waals surface area contributed by atoms with Gasteiger partial charge >= 0.3 is 7.60 Å². The first-order valence-corrected chi connectivity index (χ1v) is 35.5. The number of amides is 11. The molecule has 1 heterocycles. The molecule has 12 atom stereocenters. The van der Waals surface area contributed by atoms with Crippen LogP contribution >= 0.6 is 7.60 Å². The molecule has 1 aromatic rings. The molecule has 27 heteroatoms. The lowest BCUT2D eigenvalue weighted by Crippen LogP contribution is -2.63. The van der Waals surface area contributed by atoms with Crippen molar-refractivity contribution in [3.63, 3.8) is 0 Å². The summed E-state index contributed by atoms with van der Waals surface area (Å²) in [7, 11) is 7.47. The minimum atomic E-state index is -3.49. The predicted octanol–water partition coefficient (Wildman–Crippen LogP) is 4.84. The molecule has 0 spiro atoms. The molecule has 1 fully saturated rings. The van der Waals surface area contributed by atoms with E-state index in [1.807, 2.05) is 41.5 Å². The topological polar surface area (TPSA) is 314 Å². The smallest absolute Gasteiger partial charge is 0.334 e. The lowest BCUT2D eigenvalue weighted by molar-refractivity contribution is -0.157. The monoisotopic (exact) mass is 1370 g/mol. The second-order valence-electron chi connectivity index (χ2n) is 27.8. The van der Waals surface area contributed by atoms with E-state index in [1.54, 1.807) is 91.8 Å². The number of aliphatic hydroxyl groups excluding tert-OH is 1. The third-order valence-electron chi connectivity index (χ3n) is 17.9. The van der Waals surface area contributed by atoms with Crippen LogP contribution in [-0.2, 0) is 78.9 Å². The summed E-state index contributed by atoms with van der Waals surface area (Å²) >= 11 is 0. The lowest BCUT2D eigenvalue weighted by Gasteiger charge is -2.41. The Kier molecular flexibility index (Phi) is 34.7. The maximum absolute atomic E-state index is 15.3. The van der Waals surface area contributed by atoms with Crippen LogP contribution in [0.5, 0.6) is 0 Å². The summed E-state index contributed by atoms with van der Waals surface area (Å²) in [6.45, 7) is 26.9. The van der Waals surface area contributed by atoms with Crippen molar-refractivity contribution in [3.8, 4) is 0 Å². The zero-order valence-electron chi connectivity index (χ0n) is 61.9. The van der Waals surface area contributed by atoms with E-state index in [-0.39, 0.29) is 69.0 Å². The number of likely N-dealkylation sites (N-methyl/N-ethyl adjacent to an activating group) is 7. The number of allylic oxidation sites excluding steroid dienone is 2. The molecule has 2 unspecified atom stereocenters. The summed E-state index contributed by atoms with van der Waals surface area (Å²) in [5.41, 5.74) is 1.12. The first-order valence-electron chi connectivity index (χ1n) is 33.8. The number of aliphatic hydroxyl groups is 1. The van der Waals surface area contributed by atoms with Crippen LogP contribution in [-0.4, -0.2) is 241 Å². The Labute approximate surface area is 572 Å². The Hall–Kier alpha value is -6.76. The van der Waals surface area contributed by atoms with E-state index in [9.17, 15) is 38.4 Å². The van der Waals surface area contributed by atoms with Gasteiger partial charge in [0.2, 0.25) is 65.0 Å². The molecule has 0 saturated carbocycles. The molecule has 26 nitrogen and oxygen atoms in total. The average Bonchev–Trinajstić information content (AvgIpc) is 0.809. The predicted molar refractivity (Wildman–Crippen MR) is 369 cm³/mol. The maximum Gasteiger partial charge on any atom is 0.334 e. The van der Waals surface area contributed by atoms with Crippen LogP contribution in [0.3, 0.4) is 0 Å². The number of benzene rings is 1. The molecule has 544 valence electrons. The summed E-state index contributed by atoms with van der Waals surface area (Å²) in [6.07, 6.45) is 2.47. The summed E-state index contributed by atoms with van der Waals surface area (Å²) in [5.74, 6) is -10.3. The molecule has 96 heavy (non-hydrogen) atoms. The Bertz CT molecular complexity index is 2880. The molecule has 11 amide bonds. The van der Waals surface area contributed by atoms with Gasteiger partial charge in [0.1, 0.15) is 60.4 Å². The van der Waals surface area contributed by atoms with E-state index >= 15 is 24.0 Å². The number of rotatable bonds is 20. The number of carbonyl (C=O) groups excluding carboxylic acids is 11. The van der Waals surface area contributed by atoms with Crippen molar-refractivity contribution in [3.05, 3.63) is 47.5 Å². The van der Waals surface area contributed by atoms with Gasteiger partial charge < -0.3 is 69.7 Å². The molecule has 5 N–H and O–H groups in total. The molecular formula is C69H118N11O15P. The van der Waals surface area contributed by atoms with Crippen molar-refractivity contribution in [2.45, 2.75) is 222 Å². The Balaban J connectivity index is 3.08. The Morgan fingerprint density at radius 2 is 1.00 bits per heavy atom.